The van der Waals surface area contributed by atoms with Gasteiger partial charge >= 0.3 is 0 Å². The molecule has 1 saturated heterocycles. The van der Waals surface area contributed by atoms with Crippen molar-refractivity contribution in [2.24, 2.45) is 0 Å². The second-order valence-corrected chi connectivity index (χ2v) is 9.84. The fourth-order valence-corrected chi connectivity index (χ4v) is 5.36. The first-order valence-electron chi connectivity index (χ1n) is 10.8. The molecule has 0 bridgehead atoms. The van der Waals surface area contributed by atoms with E-state index in [1.807, 2.05) is 35.2 Å². The third-order valence-electron chi connectivity index (χ3n) is 5.44. The Kier molecular flexibility index (Phi) is 6.77. The predicted molar refractivity (Wildman–Crippen MR) is 128 cm³/mol. The molecular formula is C22H22N6O4S2. The molecule has 1 N–H and O–H groups in total. The van der Waals surface area contributed by atoms with E-state index in [1.165, 1.54) is 23.1 Å². The third-order valence-corrected chi connectivity index (χ3v) is 7.55. The zero-order chi connectivity index (χ0) is 23.3. The minimum absolute atomic E-state index is 0.0350. The van der Waals surface area contributed by atoms with Gasteiger partial charge in [0.15, 0.2) is 9.92 Å². The van der Waals surface area contributed by atoms with Gasteiger partial charge in [0.2, 0.25) is 16.9 Å². The lowest BCUT2D eigenvalue weighted by molar-refractivity contribution is -0.130. The summed E-state index contributed by atoms with van der Waals surface area (Å²) in [5.74, 6) is 0.912. The van der Waals surface area contributed by atoms with Gasteiger partial charge in [-0.3, -0.25) is 9.59 Å². The highest BCUT2D eigenvalue weighted by Gasteiger charge is 2.25. The molecule has 3 aromatic heterocycles. The molecule has 1 aliphatic rings. The van der Waals surface area contributed by atoms with Crippen LogP contribution >= 0.6 is 23.1 Å². The summed E-state index contributed by atoms with van der Waals surface area (Å²) in [6.07, 6.45) is 1.80. The van der Waals surface area contributed by atoms with Crippen LogP contribution in [0.15, 0.2) is 55.9 Å². The summed E-state index contributed by atoms with van der Waals surface area (Å²) in [6, 6.07) is 11.2. The minimum Gasteiger partial charge on any atom is -0.467 e. The maximum Gasteiger partial charge on any atom is 0.230 e. The fourth-order valence-electron chi connectivity index (χ4n) is 3.63. The number of carbonyl (C=O) groups excluding carboxylic acids is 2. The standard InChI is InChI=1S/C22H22N6O4S2/c29-19(23-13-15-4-3-11-31-15)14-33-22-25-24-21(34-22)28-9-7-27(8-10-28)20(30)12-17-16-5-1-2-6-18(16)32-26-17/h1-6,11H,7-10,12-14H2,(H,23,29). The monoisotopic (exact) mass is 498 g/mol. The molecule has 34 heavy (non-hydrogen) atoms. The Morgan fingerprint density at radius 1 is 1.09 bits per heavy atom. The van der Waals surface area contributed by atoms with Crippen LogP contribution in [0.5, 0.6) is 0 Å². The van der Waals surface area contributed by atoms with Gasteiger partial charge in [-0.05, 0) is 24.3 Å². The van der Waals surface area contributed by atoms with Gasteiger partial charge < -0.3 is 24.1 Å². The molecule has 0 unspecified atom stereocenters. The number of benzene rings is 1. The first-order chi connectivity index (χ1) is 16.7. The van der Waals surface area contributed by atoms with E-state index in [-0.39, 0.29) is 24.0 Å². The smallest absolute Gasteiger partial charge is 0.230 e. The van der Waals surface area contributed by atoms with Gasteiger partial charge in [-0.1, -0.05) is 40.4 Å². The number of nitrogens with one attached hydrogen (secondary N) is 1. The summed E-state index contributed by atoms with van der Waals surface area (Å²) in [6.45, 7) is 2.92. The number of nitrogens with zero attached hydrogens (tertiary/aromatic N) is 5. The average molecular weight is 499 g/mol. The van der Waals surface area contributed by atoms with Gasteiger partial charge in [0.05, 0.1) is 25.0 Å². The highest BCUT2D eigenvalue weighted by Crippen LogP contribution is 2.28. The topological polar surface area (TPSA) is 118 Å². The SMILES string of the molecule is O=C(CSc1nnc(N2CCN(C(=O)Cc3noc4ccccc34)CC2)s1)NCc1ccco1. The van der Waals surface area contributed by atoms with Gasteiger partial charge in [0.25, 0.3) is 0 Å². The van der Waals surface area contributed by atoms with E-state index in [4.69, 9.17) is 8.94 Å². The number of anilines is 1. The number of fused-ring (bicyclic) bond motifs is 1. The number of para-hydroxylation sites is 1. The van der Waals surface area contributed by atoms with E-state index in [2.05, 4.69) is 25.6 Å². The van der Waals surface area contributed by atoms with Crippen molar-refractivity contribution >= 4 is 51.0 Å². The summed E-state index contributed by atoms with van der Waals surface area (Å²) >= 11 is 2.81. The van der Waals surface area contributed by atoms with Crippen molar-refractivity contribution in [2.75, 3.05) is 36.8 Å². The number of furan rings is 1. The molecule has 1 fully saturated rings. The van der Waals surface area contributed by atoms with Crippen LogP contribution in [-0.2, 0) is 22.6 Å². The highest BCUT2D eigenvalue weighted by atomic mass is 32.2. The average Bonchev–Trinajstić information content (AvgIpc) is 3.63. The number of aromatic nitrogens is 3. The van der Waals surface area contributed by atoms with Crippen LogP contribution < -0.4 is 10.2 Å². The van der Waals surface area contributed by atoms with Gasteiger partial charge in [0.1, 0.15) is 11.5 Å². The molecule has 176 valence electrons. The van der Waals surface area contributed by atoms with Crippen LogP contribution in [0.3, 0.4) is 0 Å². The minimum atomic E-state index is -0.0924. The summed E-state index contributed by atoms with van der Waals surface area (Å²) in [7, 11) is 0. The summed E-state index contributed by atoms with van der Waals surface area (Å²) < 4.78 is 11.2. The molecular weight excluding hydrogens is 476 g/mol. The Morgan fingerprint density at radius 3 is 2.76 bits per heavy atom. The van der Waals surface area contributed by atoms with Crippen LogP contribution in [-0.4, -0.2) is 64.0 Å². The van der Waals surface area contributed by atoms with E-state index in [0.717, 1.165) is 14.9 Å². The van der Waals surface area contributed by atoms with E-state index in [9.17, 15) is 9.59 Å². The lowest BCUT2D eigenvalue weighted by Gasteiger charge is -2.34. The van der Waals surface area contributed by atoms with Crippen molar-refractivity contribution in [3.8, 4) is 0 Å². The van der Waals surface area contributed by atoms with Crippen LogP contribution in [0.1, 0.15) is 11.5 Å². The lowest BCUT2D eigenvalue weighted by Crippen LogP contribution is -2.49. The fraction of sp³-hybridized carbons (Fsp3) is 0.318. The second-order valence-electron chi connectivity index (χ2n) is 7.67. The van der Waals surface area contributed by atoms with E-state index in [0.29, 0.717) is 49.8 Å². The van der Waals surface area contributed by atoms with Crippen LogP contribution in [0.4, 0.5) is 5.13 Å². The molecule has 5 rings (SSSR count). The molecule has 4 heterocycles. The van der Waals surface area contributed by atoms with Crippen LogP contribution in [0.25, 0.3) is 11.0 Å². The molecule has 4 aromatic rings. The van der Waals surface area contributed by atoms with E-state index >= 15 is 0 Å². The number of amides is 2. The molecule has 12 heteroatoms. The molecule has 1 aliphatic heterocycles. The molecule has 0 aliphatic carbocycles. The van der Waals surface area contributed by atoms with Gasteiger partial charge in [-0.15, -0.1) is 10.2 Å². The second kappa shape index (κ2) is 10.3. The zero-order valence-corrected chi connectivity index (χ0v) is 19.8. The first kappa shape index (κ1) is 22.4. The zero-order valence-electron chi connectivity index (χ0n) is 18.2. The maximum atomic E-state index is 12.8. The van der Waals surface area contributed by atoms with E-state index in [1.54, 1.807) is 12.3 Å². The Bertz CT molecular complexity index is 1260. The molecule has 2 amide bonds. The predicted octanol–water partition coefficient (Wildman–Crippen LogP) is 2.57. The first-order valence-corrected chi connectivity index (χ1v) is 12.6. The maximum absolute atomic E-state index is 12.8. The summed E-state index contributed by atoms with van der Waals surface area (Å²) in [4.78, 5) is 28.8. The van der Waals surface area contributed by atoms with Crippen molar-refractivity contribution in [3.05, 3.63) is 54.1 Å². The Hall–Kier alpha value is -3.38. The van der Waals surface area contributed by atoms with Crippen molar-refractivity contribution in [2.45, 2.75) is 17.3 Å². The Balaban J connectivity index is 1.08. The summed E-state index contributed by atoms with van der Waals surface area (Å²) in [5.41, 5.74) is 1.36. The van der Waals surface area contributed by atoms with Crippen LogP contribution in [0.2, 0.25) is 0 Å². The Labute approximate surface area is 203 Å². The number of hydrogen-bond donors (Lipinski definition) is 1. The molecule has 0 saturated carbocycles. The molecule has 1 aromatic carbocycles. The third kappa shape index (κ3) is 5.23. The van der Waals surface area contributed by atoms with Gasteiger partial charge in [-0.2, -0.15) is 0 Å². The molecule has 10 nitrogen and oxygen atoms in total. The van der Waals surface area contributed by atoms with Gasteiger partial charge in [-0.25, -0.2) is 0 Å². The Morgan fingerprint density at radius 2 is 1.94 bits per heavy atom. The van der Waals surface area contributed by atoms with E-state index < -0.39 is 0 Å². The molecule has 0 atom stereocenters. The quantitative estimate of drug-likeness (QED) is 0.366. The van der Waals surface area contributed by atoms with Crippen molar-refractivity contribution in [3.63, 3.8) is 0 Å². The number of piperazine rings is 1. The molecule has 0 spiro atoms. The number of rotatable bonds is 8. The molecule has 0 radical (unpaired) electrons. The summed E-state index contributed by atoms with van der Waals surface area (Å²) in [5, 5.41) is 17.0. The number of carbonyl (C=O) groups is 2. The van der Waals surface area contributed by atoms with Crippen molar-refractivity contribution in [1.29, 1.82) is 0 Å². The normalized spacial score (nSPS) is 14.0. The number of hydrogen-bond acceptors (Lipinski definition) is 10. The van der Waals surface area contributed by atoms with Crippen molar-refractivity contribution < 1.29 is 18.5 Å². The number of thioether (sulfide) groups is 1. The van der Waals surface area contributed by atoms with Crippen molar-refractivity contribution in [1.82, 2.24) is 25.6 Å². The lowest BCUT2D eigenvalue weighted by atomic mass is 10.1. The highest BCUT2D eigenvalue weighted by molar-refractivity contribution is 8.01. The van der Waals surface area contributed by atoms with Crippen LogP contribution in [0, 0.1) is 0 Å². The van der Waals surface area contributed by atoms with Gasteiger partial charge in [0, 0.05) is 31.6 Å². The largest absolute Gasteiger partial charge is 0.467 e.